The zero-order valence-electron chi connectivity index (χ0n) is 11.5. The summed E-state index contributed by atoms with van der Waals surface area (Å²) in [5.41, 5.74) is 0. The van der Waals surface area contributed by atoms with Crippen LogP contribution >= 0.6 is 35.1 Å². The quantitative estimate of drug-likeness (QED) is 0.734. The number of carbonyl (C=O) groups is 1. The molecule has 0 N–H and O–H groups in total. The third-order valence-corrected chi connectivity index (χ3v) is 6.56. The molecule has 0 aliphatic heterocycles. The fraction of sp³-hybridized carbons (Fsp3) is 0.533. The average molecular weight is 331 g/mol. The van der Waals surface area contributed by atoms with Crippen LogP contribution < -0.4 is 0 Å². The summed E-state index contributed by atoms with van der Waals surface area (Å²) in [6.45, 7) is 0. The second-order valence-corrected chi connectivity index (χ2v) is 7.80. The summed E-state index contributed by atoms with van der Waals surface area (Å²) in [6, 6.07) is 8.01. The molecule has 0 saturated heterocycles. The van der Waals surface area contributed by atoms with Gasteiger partial charge in [-0.3, -0.25) is 4.79 Å². The van der Waals surface area contributed by atoms with E-state index in [4.69, 9.17) is 16.3 Å². The van der Waals surface area contributed by atoms with Gasteiger partial charge in [0.2, 0.25) is 0 Å². The number of rotatable bonds is 5. The number of halogens is 1. The number of ether oxygens (including phenoxy) is 1. The summed E-state index contributed by atoms with van der Waals surface area (Å²) < 4.78 is 4.73. The lowest BCUT2D eigenvalue weighted by Crippen LogP contribution is -2.25. The molecule has 0 spiro atoms. The number of carbonyl (C=O) groups excluding carboxylic acids is 1. The smallest absolute Gasteiger partial charge is 0.315 e. The van der Waals surface area contributed by atoms with Gasteiger partial charge in [-0.2, -0.15) is 0 Å². The first-order valence-corrected chi connectivity index (χ1v) is 9.10. The number of methoxy groups -OCH3 is 1. The maximum atomic E-state index is 11.3. The number of hydrogen-bond donors (Lipinski definition) is 0. The van der Waals surface area contributed by atoms with Crippen LogP contribution in [0.25, 0.3) is 0 Å². The van der Waals surface area contributed by atoms with Crippen LogP contribution in [0.4, 0.5) is 0 Å². The Balaban J connectivity index is 1.94. The second kappa shape index (κ2) is 8.20. The Kier molecular flexibility index (Phi) is 6.59. The molecule has 20 heavy (non-hydrogen) atoms. The molecule has 0 heterocycles. The largest absolute Gasteiger partial charge is 0.468 e. The lowest BCUT2D eigenvalue weighted by atomic mass is 10.00. The first kappa shape index (κ1) is 16.1. The van der Waals surface area contributed by atoms with Gasteiger partial charge in [-0.15, -0.1) is 23.5 Å². The lowest BCUT2D eigenvalue weighted by molar-refractivity contribution is -0.137. The molecule has 1 aliphatic rings. The van der Waals surface area contributed by atoms with Crippen LogP contribution in [0.2, 0.25) is 5.02 Å². The summed E-state index contributed by atoms with van der Waals surface area (Å²) in [7, 11) is 1.45. The van der Waals surface area contributed by atoms with Gasteiger partial charge in [0.05, 0.1) is 12.9 Å². The molecule has 0 unspecified atom stereocenters. The highest BCUT2D eigenvalue weighted by atomic mass is 35.5. The monoisotopic (exact) mass is 330 g/mol. The van der Waals surface area contributed by atoms with E-state index >= 15 is 0 Å². The van der Waals surface area contributed by atoms with E-state index in [9.17, 15) is 4.79 Å². The molecule has 1 saturated carbocycles. The molecule has 2 atom stereocenters. The van der Waals surface area contributed by atoms with Crippen molar-refractivity contribution in [3.63, 3.8) is 0 Å². The fourth-order valence-corrected chi connectivity index (χ4v) is 5.42. The molecule has 1 aromatic rings. The number of hydrogen-bond acceptors (Lipinski definition) is 4. The van der Waals surface area contributed by atoms with Crippen LogP contribution in [0.3, 0.4) is 0 Å². The Bertz CT molecular complexity index is 453. The van der Waals surface area contributed by atoms with E-state index in [0.29, 0.717) is 16.3 Å². The van der Waals surface area contributed by atoms with Crippen LogP contribution in [0.5, 0.6) is 0 Å². The van der Waals surface area contributed by atoms with Gasteiger partial charge in [-0.1, -0.05) is 30.5 Å². The minimum atomic E-state index is -0.132. The minimum absolute atomic E-state index is 0.132. The number of benzene rings is 1. The third kappa shape index (κ3) is 4.90. The molecule has 0 radical (unpaired) electrons. The zero-order chi connectivity index (χ0) is 14.4. The maximum Gasteiger partial charge on any atom is 0.315 e. The standard InChI is InChI=1S/C15H19ClO2S2/c1-18-15(17)10-19-13-7-2-3-8-14(13)20-12-6-4-5-11(16)9-12/h4-6,9,13-14H,2-3,7-8,10H2,1H3/t13-,14-/m1/s1. The van der Waals surface area contributed by atoms with Crippen molar-refractivity contribution in [3.8, 4) is 0 Å². The van der Waals surface area contributed by atoms with Crippen LogP contribution in [-0.2, 0) is 9.53 Å². The third-order valence-electron chi connectivity index (χ3n) is 3.37. The molecular formula is C15H19ClO2S2. The molecule has 0 aromatic heterocycles. The topological polar surface area (TPSA) is 26.3 Å². The predicted octanol–water partition coefficient (Wildman–Crippen LogP) is 4.65. The van der Waals surface area contributed by atoms with Gasteiger partial charge in [-0.05, 0) is 31.0 Å². The van der Waals surface area contributed by atoms with Crippen LogP contribution in [-0.4, -0.2) is 29.3 Å². The Labute approximate surface area is 134 Å². The molecule has 2 rings (SSSR count). The van der Waals surface area contributed by atoms with Crippen LogP contribution in [0.15, 0.2) is 29.2 Å². The summed E-state index contributed by atoms with van der Waals surface area (Å²) in [4.78, 5) is 12.5. The first-order valence-electron chi connectivity index (χ1n) is 6.79. The van der Waals surface area contributed by atoms with E-state index in [0.717, 1.165) is 5.02 Å². The highest BCUT2D eigenvalue weighted by Crippen LogP contribution is 2.39. The van der Waals surface area contributed by atoms with Crippen molar-refractivity contribution in [2.45, 2.75) is 41.1 Å². The van der Waals surface area contributed by atoms with E-state index in [2.05, 4.69) is 6.07 Å². The Hall–Kier alpha value is -0.320. The van der Waals surface area contributed by atoms with Crippen molar-refractivity contribution >= 4 is 41.1 Å². The van der Waals surface area contributed by atoms with Gasteiger partial charge in [0.1, 0.15) is 0 Å². The van der Waals surface area contributed by atoms with Crippen molar-refractivity contribution in [1.29, 1.82) is 0 Å². The van der Waals surface area contributed by atoms with Crippen molar-refractivity contribution < 1.29 is 9.53 Å². The van der Waals surface area contributed by atoms with Crippen molar-refractivity contribution in [2.24, 2.45) is 0 Å². The van der Waals surface area contributed by atoms with E-state index in [1.165, 1.54) is 37.7 Å². The highest BCUT2D eigenvalue weighted by Gasteiger charge is 2.27. The lowest BCUT2D eigenvalue weighted by Gasteiger charge is -2.30. The summed E-state index contributed by atoms with van der Waals surface area (Å²) in [5, 5.41) is 1.85. The Morgan fingerprint density at radius 3 is 2.80 bits per heavy atom. The number of thioether (sulfide) groups is 2. The van der Waals surface area contributed by atoms with Gasteiger partial charge in [0.25, 0.3) is 0 Å². The average Bonchev–Trinajstić information content (AvgIpc) is 2.46. The zero-order valence-corrected chi connectivity index (χ0v) is 13.9. The van der Waals surface area contributed by atoms with Crippen molar-refractivity contribution in [1.82, 2.24) is 0 Å². The molecule has 110 valence electrons. The summed E-state index contributed by atoms with van der Waals surface area (Å²) >= 11 is 9.66. The maximum absolute atomic E-state index is 11.3. The van der Waals surface area contributed by atoms with Crippen molar-refractivity contribution in [2.75, 3.05) is 12.9 Å². The molecular weight excluding hydrogens is 312 g/mol. The summed E-state index contributed by atoms with van der Waals surface area (Å²) in [5.74, 6) is 0.320. The predicted molar refractivity (Wildman–Crippen MR) is 87.8 cm³/mol. The normalized spacial score (nSPS) is 22.5. The van der Waals surface area contributed by atoms with E-state index in [1.54, 1.807) is 11.8 Å². The Morgan fingerprint density at radius 1 is 1.35 bits per heavy atom. The number of esters is 1. The van der Waals surface area contributed by atoms with Crippen molar-refractivity contribution in [3.05, 3.63) is 29.3 Å². The molecule has 1 aromatic carbocycles. The Morgan fingerprint density at radius 2 is 2.10 bits per heavy atom. The van der Waals surface area contributed by atoms with Gasteiger partial charge in [-0.25, -0.2) is 0 Å². The van der Waals surface area contributed by atoms with E-state index in [-0.39, 0.29) is 5.97 Å². The molecule has 2 nitrogen and oxygen atoms in total. The molecule has 1 aliphatic carbocycles. The van der Waals surface area contributed by atoms with Gasteiger partial charge in [0.15, 0.2) is 0 Å². The SMILES string of the molecule is COC(=O)CS[C@@H]1CCCC[C@H]1Sc1cccc(Cl)c1. The van der Waals surface area contributed by atoms with E-state index in [1.807, 2.05) is 30.0 Å². The first-order chi connectivity index (χ1) is 9.69. The van der Waals surface area contributed by atoms with Gasteiger partial charge < -0.3 is 4.74 Å². The highest BCUT2D eigenvalue weighted by molar-refractivity contribution is 8.04. The molecule has 5 heteroatoms. The molecule has 0 bridgehead atoms. The second-order valence-electron chi connectivity index (χ2n) is 4.82. The van der Waals surface area contributed by atoms with Crippen LogP contribution in [0.1, 0.15) is 25.7 Å². The minimum Gasteiger partial charge on any atom is -0.468 e. The fourth-order valence-electron chi connectivity index (χ4n) is 2.34. The van der Waals surface area contributed by atoms with Crippen LogP contribution in [0, 0.1) is 0 Å². The molecule has 1 fully saturated rings. The van der Waals surface area contributed by atoms with E-state index < -0.39 is 0 Å². The van der Waals surface area contributed by atoms with Gasteiger partial charge >= 0.3 is 5.97 Å². The van der Waals surface area contributed by atoms with Gasteiger partial charge in [0, 0.05) is 20.4 Å². The molecule has 0 amide bonds. The summed E-state index contributed by atoms with van der Waals surface area (Å²) in [6.07, 6.45) is 4.91.